The van der Waals surface area contributed by atoms with Crippen molar-refractivity contribution in [2.45, 2.75) is 6.54 Å². The van der Waals surface area contributed by atoms with Crippen molar-refractivity contribution in [1.29, 1.82) is 5.26 Å². The lowest BCUT2D eigenvalue weighted by Gasteiger charge is -2.18. The summed E-state index contributed by atoms with van der Waals surface area (Å²) in [5, 5.41) is 22.2. The summed E-state index contributed by atoms with van der Waals surface area (Å²) in [5.41, 5.74) is 22.7. The second-order valence-corrected chi connectivity index (χ2v) is 11.4. The fourth-order valence-corrected chi connectivity index (χ4v) is 6.05. The number of nitrogens with two attached hydrogens (primary N) is 2. The van der Waals surface area contributed by atoms with Crippen LogP contribution in [-0.2, 0) is 6.54 Å². The Balaban J connectivity index is 1.25. The predicted molar refractivity (Wildman–Crippen MR) is 198 cm³/mol. The second-order valence-electron chi connectivity index (χ2n) is 11.4. The number of rotatable bonds is 8. The molecule has 0 atom stereocenters. The Morgan fingerprint density at radius 1 is 0.673 bits per heavy atom. The standard InChI is InChI=1S/C41H32N8/c42-26-34-38(29-16-6-2-7-17-29)39(30-18-8-3-9-19-30)49(40(34)43)27-31-20-10-11-21-32(31)33-22-12-13-23-36(33)45-41(44)46-37-25-24-35(47-48-37)28-14-4-1-5-15-28/h1-25H,27,43H2,(H3,44,45,46,48). The molecule has 0 radical (unpaired) electrons. The van der Waals surface area contributed by atoms with Crippen LogP contribution in [0.1, 0.15) is 11.1 Å². The molecule has 7 rings (SSSR count). The molecule has 0 fully saturated rings. The van der Waals surface area contributed by atoms with Gasteiger partial charge < -0.3 is 21.4 Å². The molecule has 8 nitrogen and oxygen atoms in total. The van der Waals surface area contributed by atoms with Crippen LogP contribution in [0.15, 0.2) is 157 Å². The highest BCUT2D eigenvalue weighted by atomic mass is 15.2. The summed E-state index contributed by atoms with van der Waals surface area (Å²) in [6.07, 6.45) is 0. The molecule has 49 heavy (non-hydrogen) atoms. The zero-order valence-corrected chi connectivity index (χ0v) is 26.5. The van der Waals surface area contributed by atoms with Crippen molar-refractivity contribution < 1.29 is 0 Å². The first-order valence-corrected chi connectivity index (χ1v) is 15.8. The molecule has 236 valence electrons. The third kappa shape index (κ3) is 6.37. The summed E-state index contributed by atoms with van der Waals surface area (Å²) in [4.78, 5) is 4.48. The van der Waals surface area contributed by atoms with E-state index in [4.69, 9.17) is 11.5 Å². The van der Waals surface area contributed by atoms with Crippen molar-refractivity contribution in [1.82, 2.24) is 14.8 Å². The van der Waals surface area contributed by atoms with Gasteiger partial charge in [-0.3, -0.25) is 0 Å². The Hall–Kier alpha value is -6.98. The monoisotopic (exact) mass is 636 g/mol. The molecular formula is C41H32N8. The molecule has 8 heteroatoms. The Kier molecular flexibility index (Phi) is 8.63. The van der Waals surface area contributed by atoms with Gasteiger partial charge in [0.15, 0.2) is 11.8 Å². The maximum atomic E-state index is 10.4. The Morgan fingerprint density at radius 2 is 1.27 bits per heavy atom. The summed E-state index contributed by atoms with van der Waals surface area (Å²) < 4.78 is 2.04. The van der Waals surface area contributed by atoms with Crippen LogP contribution in [0.4, 0.5) is 17.3 Å². The minimum Gasteiger partial charge on any atom is -0.384 e. The number of nitrogen functional groups attached to an aromatic ring is 1. The maximum Gasteiger partial charge on any atom is 0.199 e. The molecule has 7 aromatic rings. The van der Waals surface area contributed by atoms with E-state index in [2.05, 4.69) is 38.7 Å². The highest BCUT2D eigenvalue weighted by molar-refractivity contribution is 5.98. The van der Waals surface area contributed by atoms with Gasteiger partial charge in [-0.2, -0.15) is 10.3 Å². The summed E-state index contributed by atoms with van der Waals surface area (Å²) in [6, 6.07) is 52.0. The van der Waals surface area contributed by atoms with Gasteiger partial charge in [-0.05, 0) is 40.5 Å². The zero-order valence-electron chi connectivity index (χ0n) is 26.5. The van der Waals surface area contributed by atoms with Crippen LogP contribution in [0.2, 0.25) is 0 Å². The number of guanidine groups is 1. The minimum atomic E-state index is 0.180. The molecular weight excluding hydrogens is 605 g/mol. The summed E-state index contributed by atoms with van der Waals surface area (Å²) in [7, 11) is 0. The van der Waals surface area contributed by atoms with E-state index in [1.54, 1.807) is 6.07 Å². The highest BCUT2D eigenvalue weighted by Crippen LogP contribution is 2.42. The SMILES string of the molecule is N#Cc1c(-c2ccccc2)c(-c2ccccc2)n(Cc2ccccc2-c2ccccc2NC(N)=Nc2ccc(-c3ccccc3)nn2)c1N. The minimum absolute atomic E-state index is 0.180. The topological polar surface area (TPSA) is 131 Å². The van der Waals surface area contributed by atoms with Gasteiger partial charge in [0, 0.05) is 22.4 Å². The molecule has 2 aromatic heterocycles. The number of aliphatic imine (C=N–C) groups is 1. The smallest absolute Gasteiger partial charge is 0.199 e. The van der Waals surface area contributed by atoms with E-state index in [9.17, 15) is 5.26 Å². The summed E-state index contributed by atoms with van der Waals surface area (Å²) in [6.45, 7) is 0.426. The Morgan fingerprint density at radius 3 is 1.92 bits per heavy atom. The molecule has 5 N–H and O–H groups in total. The van der Waals surface area contributed by atoms with Crippen molar-refractivity contribution in [2.75, 3.05) is 11.1 Å². The second kappa shape index (κ2) is 13.8. The lowest BCUT2D eigenvalue weighted by Crippen LogP contribution is -2.22. The van der Waals surface area contributed by atoms with E-state index in [1.165, 1.54) is 0 Å². The quantitative estimate of drug-likeness (QED) is 0.113. The van der Waals surface area contributed by atoms with Gasteiger partial charge in [0.1, 0.15) is 17.5 Å². The van der Waals surface area contributed by atoms with Crippen molar-refractivity contribution in [3.63, 3.8) is 0 Å². The third-order valence-electron chi connectivity index (χ3n) is 8.31. The van der Waals surface area contributed by atoms with Crippen LogP contribution < -0.4 is 16.8 Å². The molecule has 0 aliphatic heterocycles. The molecule has 5 aromatic carbocycles. The first-order valence-electron chi connectivity index (χ1n) is 15.8. The fourth-order valence-electron chi connectivity index (χ4n) is 6.05. The van der Waals surface area contributed by atoms with Gasteiger partial charge in [0.2, 0.25) is 0 Å². The number of hydrogen-bond donors (Lipinski definition) is 3. The van der Waals surface area contributed by atoms with Crippen LogP contribution in [-0.4, -0.2) is 20.7 Å². The van der Waals surface area contributed by atoms with E-state index in [-0.39, 0.29) is 5.96 Å². The number of aromatic nitrogens is 3. The molecule has 0 amide bonds. The van der Waals surface area contributed by atoms with Gasteiger partial charge in [0.05, 0.1) is 17.9 Å². The van der Waals surface area contributed by atoms with Crippen LogP contribution in [0.25, 0.3) is 44.8 Å². The summed E-state index contributed by atoms with van der Waals surface area (Å²) in [5.74, 6) is 0.984. The molecule has 0 spiro atoms. The van der Waals surface area contributed by atoms with E-state index in [1.807, 2.05) is 138 Å². The molecule has 2 heterocycles. The predicted octanol–water partition coefficient (Wildman–Crippen LogP) is 8.51. The number of nitriles is 1. The van der Waals surface area contributed by atoms with Crippen LogP contribution in [0.5, 0.6) is 0 Å². The zero-order chi connectivity index (χ0) is 33.6. The van der Waals surface area contributed by atoms with Crippen molar-refractivity contribution in [3.05, 3.63) is 163 Å². The molecule has 0 aliphatic rings. The van der Waals surface area contributed by atoms with E-state index in [0.717, 1.165) is 56.0 Å². The Labute approximate surface area is 284 Å². The van der Waals surface area contributed by atoms with Gasteiger partial charge in [-0.1, -0.05) is 133 Å². The molecule has 0 bridgehead atoms. The lowest BCUT2D eigenvalue weighted by molar-refractivity contribution is 0.827. The van der Waals surface area contributed by atoms with E-state index < -0.39 is 0 Å². The Bertz CT molecular complexity index is 2290. The number of hydrogen-bond acceptors (Lipinski definition) is 5. The highest BCUT2D eigenvalue weighted by Gasteiger charge is 2.24. The van der Waals surface area contributed by atoms with Crippen LogP contribution in [0.3, 0.4) is 0 Å². The number of nitrogens with one attached hydrogen (secondary N) is 1. The van der Waals surface area contributed by atoms with Crippen molar-refractivity contribution in [3.8, 4) is 50.8 Å². The molecule has 0 unspecified atom stereocenters. The van der Waals surface area contributed by atoms with Crippen molar-refractivity contribution >= 4 is 23.3 Å². The van der Waals surface area contributed by atoms with E-state index >= 15 is 0 Å². The number of benzene rings is 5. The first kappa shape index (κ1) is 30.7. The maximum absolute atomic E-state index is 10.4. The summed E-state index contributed by atoms with van der Waals surface area (Å²) >= 11 is 0. The van der Waals surface area contributed by atoms with E-state index in [0.29, 0.717) is 23.7 Å². The van der Waals surface area contributed by atoms with Crippen molar-refractivity contribution in [2.24, 2.45) is 10.7 Å². The van der Waals surface area contributed by atoms with Gasteiger partial charge in [0.25, 0.3) is 0 Å². The third-order valence-corrected chi connectivity index (χ3v) is 8.31. The van der Waals surface area contributed by atoms with Crippen LogP contribution in [0, 0.1) is 11.3 Å². The lowest BCUT2D eigenvalue weighted by atomic mass is 9.97. The molecule has 0 saturated heterocycles. The first-order chi connectivity index (χ1) is 24.1. The largest absolute Gasteiger partial charge is 0.384 e. The average molecular weight is 637 g/mol. The number of para-hydroxylation sites is 1. The fraction of sp³-hybridized carbons (Fsp3) is 0.0244. The average Bonchev–Trinajstić information content (AvgIpc) is 3.44. The van der Waals surface area contributed by atoms with Gasteiger partial charge in [-0.25, -0.2) is 0 Å². The van der Waals surface area contributed by atoms with Gasteiger partial charge >= 0.3 is 0 Å². The normalized spacial score (nSPS) is 11.2. The van der Waals surface area contributed by atoms with Crippen LogP contribution >= 0.6 is 0 Å². The van der Waals surface area contributed by atoms with Gasteiger partial charge in [-0.15, -0.1) is 10.2 Å². The molecule has 0 aliphatic carbocycles. The molecule has 0 saturated carbocycles. The number of nitrogens with zero attached hydrogens (tertiary/aromatic N) is 5. The number of anilines is 2.